The highest BCUT2D eigenvalue weighted by Gasteiger charge is 2.37. The van der Waals surface area contributed by atoms with Crippen molar-refractivity contribution in [3.63, 3.8) is 0 Å². The van der Waals surface area contributed by atoms with E-state index in [2.05, 4.69) is 15.5 Å². The van der Waals surface area contributed by atoms with E-state index in [0.29, 0.717) is 36.5 Å². The van der Waals surface area contributed by atoms with Crippen LogP contribution in [-0.4, -0.2) is 34.7 Å². The molecule has 10 heteroatoms. The number of amides is 2. The van der Waals surface area contributed by atoms with E-state index in [4.69, 9.17) is 9.26 Å². The molecule has 1 atom stereocenters. The Kier molecular flexibility index (Phi) is 5.53. The summed E-state index contributed by atoms with van der Waals surface area (Å²) in [5.41, 5.74) is -0.488. The van der Waals surface area contributed by atoms with Gasteiger partial charge in [0.2, 0.25) is 11.7 Å². The Morgan fingerprint density at radius 3 is 2.65 bits per heavy atom. The second-order valence-corrected chi connectivity index (χ2v) is 7.01. The molecule has 1 fully saturated rings. The lowest BCUT2D eigenvalue weighted by Crippen LogP contribution is -2.35. The minimum absolute atomic E-state index is 0.238. The summed E-state index contributed by atoms with van der Waals surface area (Å²) in [7, 11) is 1.56. The van der Waals surface area contributed by atoms with E-state index >= 15 is 0 Å². The molecule has 0 aliphatic carbocycles. The number of nitrogens with one attached hydrogen (secondary N) is 1. The molecule has 0 spiro atoms. The number of hydrogen-bond donors (Lipinski definition) is 1. The van der Waals surface area contributed by atoms with E-state index in [1.54, 1.807) is 31.4 Å². The summed E-state index contributed by atoms with van der Waals surface area (Å²) in [5, 5.41) is 6.35. The SMILES string of the molecule is COc1ccc(-c2noc([C@H]3CCCN3C(=O)Nc3ccccc3C(F)(F)F)n2)cc1. The number of rotatable bonds is 4. The third-order valence-electron chi connectivity index (χ3n) is 5.06. The van der Waals surface area contributed by atoms with Crippen molar-refractivity contribution in [1.82, 2.24) is 15.0 Å². The number of para-hydroxylation sites is 1. The number of carbonyl (C=O) groups excluding carboxylic acids is 1. The van der Waals surface area contributed by atoms with Crippen LogP contribution in [0.5, 0.6) is 5.75 Å². The zero-order valence-corrected chi connectivity index (χ0v) is 16.5. The third kappa shape index (κ3) is 4.32. The molecule has 2 amide bonds. The third-order valence-corrected chi connectivity index (χ3v) is 5.06. The lowest BCUT2D eigenvalue weighted by molar-refractivity contribution is -0.136. The van der Waals surface area contributed by atoms with Gasteiger partial charge in [-0.3, -0.25) is 0 Å². The Morgan fingerprint density at radius 1 is 1.19 bits per heavy atom. The number of likely N-dealkylation sites (tertiary alicyclic amines) is 1. The zero-order chi connectivity index (χ0) is 22.0. The van der Waals surface area contributed by atoms with Gasteiger partial charge in [-0.1, -0.05) is 17.3 Å². The smallest absolute Gasteiger partial charge is 0.418 e. The van der Waals surface area contributed by atoms with E-state index in [1.807, 2.05) is 0 Å². The predicted octanol–water partition coefficient (Wildman–Crippen LogP) is 5.13. The zero-order valence-electron chi connectivity index (χ0n) is 16.5. The number of ether oxygens (including phenoxy) is 1. The number of carbonyl (C=O) groups is 1. The van der Waals surface area contributed by atoms with Gasteiger partial charge >= 0.3 is 12.2 Å². The van der Waals surface area contributed by atoms with E-state index < -0.39 is 23.8 Å². The first-order chi connectivity index (χ1) is 14.9. The van der Waals surface area contributed by atoms with Gasteiger partial charge in [0.25, 0.3) is 0 Å². The molecule has 1 aromatic heterocycles. The van der Waals surface area contributed by atoms with Crippen molar-refractivity contribution in [2.24, 2.45) is 0 Å². The van der Waals surface area contributed by atoms with Gasteiger partial charge in [-0.2, -0.15) is 18.2 Å². The number of urea groups is 1. The van der Waals surface area contributed by atoms with Crippen molar-refractivity contribution in [3.8, 4) is 17.1 Å². The minimum Gasteiger partial charge on any atom is -0.497 e. The molecule has 2 aromatic carbocycles. The summed E-state index contributed by atoms with van der Waals surface area (Å²) in [5.74, 6) is 1.28. The quantitative estimate of drug-likeness (QED) is 0.618. The van der Waals surface area contributed by atoms with Gasteiger partial charge in [-0.15, -0.1) is 0 Å². The number of hydrogen-bond acceptors (Lipinski definition) is 5. The van der Waals surface area contributed by atoms with Gasteiger partial charge in [-0.25, -0.2) is 4.79 Å². The molecule has 1 aliphatic rings. The van der Waals surface area contributed by atoms with Crippen LogP contribution < -0.4 is 10.1 Å². The summed E-state index contributed by atoms with van der Waals surface area (Å²) in [4.78, 5) is 18.6. The van der Waals surface area contributed by atoms with Crippen LogP contribution >= 0.6 is 0 Å². The van der Waals surface area contributed by atoms with E-state index in [0.717, 1.165) is 6.07 Å². The average molecular weight is 432 g/mol. The number of halogens is 3. The molecule has 0 radical (unpaired) electrons. The van der Waals surface area contributed by atoms with E-state index in [9.17, 15) is 18.0 Å². The van der Waals surface area contributed by atoms with Gasteiger partial charge < -0.3 is 19.5 Å². The fourth-order valence-corrected chi connectivity index (χ4v) is 3.52. The van der Waals surface area contributed by atoms with E-state index in [1.165, 1.54) is 23.1 Å². The molecular formula is C21H19F3N4O3. The van der Waals surface area contributed by atoms with Gasteiger partial charge in [-0.05, 0) is 49.2 Å². The fraction of sp³-hybridized carbons (Fsp3) is 0.286. The summed E-state index contributed by atoms with van der Waals surface area (Å²) in [6.07, 6.45) is -3.34. The Balaban J connectivity index is 1.52. The molecule has 1 aliphatic heterocycles. The van der Waals surface area contributed by atoms with E-state index in [-0.39, 0.29) is 11.6 Å². The van der Waals surface area contributed by atoms with Crippen molar-refractivity contribution < 1.29 is 27.2 Å². The highest BCUT2D eigenvalue weighted by atomic mass is 19.4. The monoisotopic (exact) mass is 432 g/mol. The first-order valence-corrected chi connectivity index (χ1v) is 9.58. The first kappa shape index (κ1) is 20.7. The van der Waals surface area contributed by atoms with Gasteiger partial charge in [0.1, 0.15) is 11.8 Å². The second-order valence-electron chi connectivity index (χ2n) is 7.01. The van der Waals surface area contributed by atoms with Crippen LogP contribution in [-0.2, 0) is 6.18 Å². The van der Waals surface area contributed by atoms with Crippen LogP contribution in [0.25, 0.3) is 11.4 Å². The largest absolute Gasteiger partial charge is 0.497 e. The van der Waals surface area contributed by atoms with Crippen molar-refractivity contribution in [3.05, 3.63) is 60.0 Å². The van der Waals surface area contributed by atoms with Gasteiger partial charge in [0, 0.05) is 12.1 Å². The van der Waals surface area contributed by atoms with Gasteiger partial charge in [0.05, 0.1) is 18.4 Å². The van der Waals surface area contributed by atoms with Crippen molar-refractivity contribution >= 4 is 11.7 Å². The molecule has 7 nitrogen and oxygen atoms in total. The number of anilines is 1. The second kappa shape index (κ2) is 8.29. The summed E-state index contributed by atoms with van der Waals surface area (Å²) < 4.78 is 50.2. The molecule has 0 saturated carbocycles. The topological polar surface area (TPSA) is 80.5 Å². The Labute approximate surface area is 175 Å². The molecule has 2 heterocycles. The summed E-state index contributed by atoms with van der Waals surface area (Å²) in [6.45, 7) is 0.366. The van der Waals surface area contributed by atoms with Gasteiger partial charge in [0.15, 0.2) is 0 Å². The fourth-order valence-electron chi connectivity index (χ4n) is 3.52. The molecule has 4 rings (SSSR count). The highest BCUT2D eigenvalue weighted by Crippen LogP contribution is 2.36. The first-order valence-electron chi connectivity index (χ1n) is 9.58. The highest BCUT2D eigenvalue weighted by molar-refractivity contribution is 5.90. The molecule has 1 N–H and O–H groups in total. The maximum absolute atomic E-state index is 13.2. The van der Waals surface area contributed by atoms with Crippen LogP contribution in [0.4, 0.5) is 23.7 Å². The lowest BCUT2D eigenvalue weighted by atomic mass is 10.1. The Morgan fingerprint density at radius 2 is 1.94 bits per heavy atom. The van der Waals surface area contributed by atoms with Crippen LogP contribution in [0.15, 0.2) is 53.1 Å². The average Bonchev–Trinajstić information content (AvgIpc) is 3.43. The maximum atomic E-state index is 13.2. The lowest BCUT2D eigenvalue weighted by Gasteiger charge is -2.23. The predicted molar refractivity (Wildman–Crippen MR) is 105 cm³/mol. The summed E-state index contributed by atoms with van der Waals surface area (Å²) >= 11 is 0. The van der Waals surface area contributed by atoms with Crippen molar-refractivity contribution in [1.29, 1.82) is 0 Å². The number of benzene rings is 2. The molecule has 1 saturated heterocycles. The van der Waals surface area contributed by atoms with Crippen LogP contribution in [0.1, 0.15) is 30.3 Å². The molecule has 162 valence electrons. The molecule has 31 heavy (non-hydrogen) atoms. The Bertz CT molecular complexity index is 1070. The number of methoxy groups -OCH3 is 1. The molecule has 0 unspecified atom stereocenters. The maximum Gasteiger partial charge on any atom is 0.418 e. The van der Waals surface area contributed by atoms with Crippen LogP contribution in [0.2, 0.25) is 0 Å². The van der Waals surface area contributed by atoms with Crippen molar-refractivity contribution in [2.45, 2.75) is 25.1 Å². The molecular weight excluding hydrogens is 413 g/mol. The molecule has 3 aromatic rings. The minimum atomic E-state index is -4.58. The van der Waals surface area contributed by atoms with Crippen LogP contribution in [0, 0.1) is 0 Å². The summed E-state index contributed by atoms with van der Waals surface area (Å²) in [6, 6.07) is 10.8. The molecule has 0 bridgehead atoms. The number of nitrogens with zero attached hydrogens (tertiary/aromatic N) is 3. The number of aromatic nitrogens is 2. The normalized spacial score (nSPS) is 16.4. The number of alkyl halides is 3. The van der Waals surface area contributed by atoms with Crippen molar-refractivity contribution in [2.75, 3.05) is 19.0 Å². The van der Waals surface area contributed by atoms with Crippen LogP contribution in [0.3, 0.4) is 0 Å². The standard InChI is InChI=1S/C21H19F3N4O3/c1-30-14-10-8-13(9-11-14)18-26-19(31-27-18)17-7-4-12-28(17)20(29)25-16-6-3-2-5-15(16)21(22,23)24/h2-3,5-6,8-11,17H,4,7,12H2,1H3,(H,25,29)/t17-/m1/s1. The Hall–Kier alpha value is -3.56.